The van der Waals surface area contributed by atoms with Crippen LogP contribution < -0.4 is 20.1 Å². The number of carbonyl (C=O) groups excluding carboxylic acids is 2. The van der Waals surface area contributed by atoms with Crippen molar-refractivity contribution in [2.75, 3.05) is 19.0 Å². The Hall–Kier alpha value is -4.13. The maximum Gasteiger partial charge on any atom is 0.252 e. The number of ether oxygens (including phenoxy) is 1. The standard InChI is InChI=1S/C26H25N5O5S2/c1-17-5-11-21(12-6-17)38(34,35)31-22(15-28-24(32)19-4-3-13-27-14-19)25(33)30-26-29-23(16-37-26)18-7-9-20(36-2)10-8-18/h3-14,16,22,31H,15H2,1-2H3,(H,28,32)(H,29,30,33). The normalized spacial score (nSPS) is 11.9. The van der Waals surface area contributed by atoms with Crippen molar-refractivity contribution >= 4 is 38.3 Å². The SMILES string of the molecule is COc1ccc(-c2csc(NC(=O)C(CNC(=O)c3cccnc3)NS(=O)(=O)c3ccc(C)cc3)n2)cc1. The molecule has 0 aliphatic carbocycles. The van der Waals surface area contributed by atoms with E-state index in [0.717, 1.165) is 11.1 Å². The molecule has 3 N–H and O–H groups in total. The first-order valence-corrected chi connectivity index (χ1v) is 13.8. The Balaban J connectivity index is 1.51. The minimum atomic E-state index is -4.07. The topological polar surface area (TPSA) is 139 Å². The van der Waals surface area contributed by atoms with Gasteiger partial charge in [0.2, 0.25) is 15.9 Å². The second-order valence-corrected chi connectivity index (χ2v) is 10.8. The lowest BCUT2D eigenvalue weighted by Crippen LogP contribution is -2.50. The number of thiazole rings is 1. The van der Waals surface area contributed by atoms with Gasteiger partial charge < -0.3 is 15.4 Å². The zero-order valence-corrected chi connectivity index (χ0v) is 22.2. The first kappa shape index (κ1) is 26.9. The zero-order chi connectivity index (χ0) is 27.1. The van der Waals surface area contributed by atoms with Crippen LogP contribution in [0.4, 0.5) is 5.13 Å². The fourth-order valence-electron chi connectivity index (χ4n) is 3.37. The lowest BCUT2D eigenvalue weighted by atomic mass is 10.2. The molecule has 0 radical (unpaired) electrons. The summed E-state index contributed by atoms with van der Waals surface area (Å²) < 4.78 is 33.6. The van der Waals surface area contributed by atoms with E-state index >= 15 is 0 Å². The summed E-state index contributed by atoms with van der Waals surface area (Å²) >= 11 is 1.19. The highest BCUT2D eigenvalue weighted by molar-refractivity contribution is 7.89. The Kier molecular flexibility index (Phi) is 8.46. The Labute approximate surface area is 224 Å². The molecule has 0 saturated carbocycles. The van der Waals surface area contributed by atoms with Crippen LogP contribution in [0.15, 0.2) is 83.3 Å². The van der Waals surface area contributed by atoms with Crippen molar-refractivity contribution in [2.24, 2.45) is 0 Å². The quantitative estimate of drug-likeness (QED) is 0.275. The number of hydrogen-bond acceptors (Lipinski definition) is 8. The number of pyridine rings is 1. The minimum absolute atomic E-state index is 0.00414. The van der Waals surface area contributed by atoms with Gasteiger partial charge in [-0.1, -0.05) is 17.7 Å². The van der Waals surface area contributed by atoms with E-state index in [2.05, 4.69) is 25.3 Å². The molecule has 2 heterocycles. The first-order valence-electron chi connectivity index (χ1n) is 11.4. The molecule has 0 bridgehead atoms. The molecule has 10 nitrogen and oxygen atoms in total. The molecule has 196 valence electrons. The number of benzene rings is 2. The third-order valence-corrected chi connectivity index (χ3v) is 7.70. The number of methoxy groups -OCH3 is 1. The molecule has 12 heteroatoms. The van der Waals surface area contributed by atoms with E-state index in [-0.39, 0.29) is 22.1 Å². The molecular formula is C26H25N5O5S2. The summed E-state index contributed by atoms with van der Waals surface area (Å²) in [4.78, 5) is 34.1. The molecule has 2 amide bonds. The van der Waals surface area contributed by atoms with Crippen LogP contribution in [0.5, 0.6) is 5.75 Å². The fourth-order valence-corrected chi connectivity index (χ4v) is 5.29. The summed E-state index contributed by atoms with van der Waals surface area (Å²) in [6, 6.07) is 15.3. The van der Waals surface area contributed by atoms with Gasteiger partial charge in [0, 0.05) is 29.9 Å². The Morgan fingerprint density at radius 1 is 1.05 bits per heavy atom. The molecule has 1 atom stereocenters. The maximum atomic E-state index is 13.2. The summed E-state index contributed by atoms with van der Waals surface area (Å²) in [5.74, 6) is -0.473. The van der Waals surface area contributed by atoms with Gasteiger partial charge in [0.05, 0.1) is 23.3 Å². The lowest BCUT2D eigenvalue weighted by molar-refractivity contribution is -0.117. The van der Waals surface area contributed by atoms with E-state index < -0.39 is 27.9 Å². The van der Waals surface area contributed by atoms with Crippen LogP contribution in [0.2, 0.25) is 0 Å². The number of aryl methyl sites for hydroxylation is 1. The van der Waals surface area contributed by atoms with Crippen molar-refractivity contribution in [2.45, 2.75) is 17.9 Å². The van der Waals surface area contributed by atoms with Crippen molar-refractivity contribution in [3.8, 4) is 17.0 Å². The number of rotatable bonds is 10. The predicted octanol–water partition coefficient (Wildman–Crippen LogP) is 3.24. The minimum Gasteiger partial charge on any atom is -0.497 e. The maximum absolute atomic E-state index is 13.2. The van der Waals surface area contributed by atoms with E-state index in [4.69, 9.17) is 4.74 Å². The molecule has 4 rings (SSSR count). The molecule has 38 heavy (non-hydrogen) atoms. The highest BCUT2D eigenvalue weighted by Crippen LogP contribution is 2.26. The molecule has 0 spiro atoms. The van der Waals surface area contributed by atoms with Crippen molar-refractivity contribution < 1.29 is 22.7 Å². The van der Waals surface area contributed by atoms with E-state index in [1.165, 1.54) is 35.9 Å². The van der Waals surface area contributed by atoms with Gasteiger partial charge in [-0.3, -0.25) is 14.6 Å². The highest BCUT2D eigenvalue weighted by Gasteiger charge is 2.27. The first-order chi connectivity index (χ1) is 18.2. The number of hydrogen-bond donors (Lipinski definition) is 3. The second kappa shape index (κ2) is 11.9. The van der Waals surface area contributed by atoms with Gasteiger partial charge in [0.25, 0.3) is 5.91 Å². The molecule has 0 saturated heterocycles. The average Bonchev–Trinajstić information content (AvgIpc) is 3.40. The predicted molar refractivity (Wildman–Crippen MR) is 145 cm³/mol. The van der Waals surface area contributed by atoms with Crippen LogP contribution >= 0.6 is 11.3 Å². The molecule has 0 aliphatic heterocycles. The van der Waals surface area contributed by atoms with Crippen LogP contribution in [-0.2, 0) is 14.8 Å². The van der Waals surface area contributed by atoms with Gasteiger partial charge in [-0.25, -0.2) is 13.4 Å². The van der Waals surface area contributed by atoms with Gasteiger partial charge in [-0.2, -0.15) is 4.72 Å². The molecule has 0 aliphatic rings. The summed E-state index contributed by atoms with van der Waals surface area (Å²) in [6.07, 6.45) is 2.90. The zero-order valence-electron chi connectivity index (χ0n) is 20.5. The number of nitrogens with zero attached hydrogens (tertiary/aromatic N) is 2. The summed E-state index contributed by atoms with van der Waals surface area (Å²) in [7, 11) is -2.50. The van der Waals surface area contributed by atoms with Crippen LogP contribution in [-0.4, -0.2) is 49.9 Å². The number of nitrogens with one attached hydrogen (secondary N) is 3. The van der Waals surface area contributed by atoms with Gasteiger partial charge in [0.1, 0.15) is 11.8 Å². The molecule has 2 aromatic heterocycles. The van der Waals surface area contributed by atoms with Crippen molar-refractivity contribution in [1.29, 1.82) is 0 Å². The summed E-state index contributed by atoms with van der Waals surface area (Å²) in [6.45, 7) is 1.53. The van der Waals surface area contributed by atoms with E-state index in [0.29, 0.717) is 11.4 Å². The molecule has 0 fully saturated rings. The third kappa shape index (κ3) is 6.79. The third-order valence-electron chi connectivity index (χ3n) is 5.46. The van der Waals surface area contributed by atoms with Crippen molar-refractivity contribution in [3.63, 3.8) is 0 Å². The second-order valence-electron chi connectivity index (χ2n) is 8.19. The molecule has 1 unspecified atom stereocenters. The van der Waals surface area contributed by atoms with Gasteiger partial charge in [0.15, 0.2) is 5.13 Å². The highest BCUT2D eigenvalue weighted by atomic mass is 32.2. The van der Waals surface area contributed by atoms with Gasteiger partial charge >= 0.3 is 0 Å². The van der Waals surface area contributed by atoms with Gasteiger partial charge in [-0.15, -0.1) is 11.3 Å². The fraction of sp³-hybridized carbons (Fsp3) is 0.154. The molecule has 4 aromatic rings. The monoisotopic (exact) mass is 551 g/mol. The molecule has 2 aromatic carbocycles. The smallest absolute Gasteiger partial charge is 0.252 e. The number of aromatic nitrogens is 2. The molecular weight excluding hydrogens is 526 g/mol. The van der Waals surface area contributed by atoms with E-state index in [1.54, 1.807) is 48.9 Å². The van der Waals surface area contributed by atoms with Crippen LogP contribution in [0.3, 0.4) is 0 Å². The Bertz CT molecular complexity index is 1510. The number of anilines is 1. The van der Waals surface area contributed by atoms with Crippen LogP contribution in [0.25, 0.3) is 11.3 Å². The van der Waals surface area contributed by atoms with E-state index in [1.807, 2.05) is 19.1 Å². The Morgan fingerprint density at radius 2 is 1.79 bits per heavy atom. The largest absolute Gasteiger partial charge is 0.497 e. The number of sulfonamides is 1. The van der Waals surface area contributed by atoms with Crippen LogP contribution in [0, 0.1) is 6.92 Å². The number of carbonyl (C=O) groups is 2. The summed E-state index contributed by atoms with van der Waals surface area (Å²) in [5, 5.41) is 7.30. The summed E-state index contributed by atoms with van der Waals surface area (Å²) in [5.41, 5.74) is 2.62. The lowest BCUT2D eigenvalue weighted by Gasteiger charge is -2.18. The van der Waals surface area contributed by atoms with Crippen LogP contribution in [0.1, 0.15) is 15.9 Å². The van der Waals surface area contributed by atoms with Crippen molar-refractivity contribution in [1.82, 2.24) is 20.0 Å². The van der Waals surface area contributed by atoms with E-state index in [9.17, 15) is 18.0 Å². The number of amides is 2. The Morgan fingerprint density at radius 3 is 2.45 bits per heavy atom. The van der Waals surface area contributed by atoms with Gasteiger partial charge in [-0.05, 0) is 55.5 Å². The average molecular weight is 552 g/mol. The van der Waals surface area contributed by atoms with Crippen molar-refractivity contribution in [3.05, 3.63) is 89.6 Å².